The van der Waals surface area contributed by atoms with E-state index in [1.807, 2.05) is 49.4 Å². The second kappa shape index (κ2) is 10.3. The van der Waals surface area contributed by atoms with Crippen molar-refractivity contribution in [1.29, 1.82) is 0 Å². The van der Waals surface area contributed by atoms with Crippen LogP contribution in [0.5, 0.6) is 11.5 Å². The van der Waals surface area contributed by atoms with Gasteiger partial charge >= 0.3 is 0 Å². The minimum Gasteiger partial charge on any atom is -0.493 e. The molecular formula is C22H28N2O4. The second-order valence-corrected chi connectivity index (χ2v) is 6.50. The number of ether oxygens (including phenoxy) is 2. The lowest BCUT2D eigenvalue weighted by Gasteiger charge is -2.23. The summed E-state index contributed by atoms with van der Waals surface area (Å²) in [7, 11) is 3.18. The first-order valence-corrected chi connectivity index (χ1v) is 9.27. The Morgan fingerprint density at radius 2 is 1.75 bits per heavy atom. The molecule has 2 amide bonds. The first kappa shape index (κ1) is 21.3. The van der Waals surface area contributed by atoms with Gasteiger partial charge in [-0.25, -0.2) is 0 Å². The Balaban J connectivity index is 1.85. The standard InChI is InChI=1S/C22H28N2O4/c1-16-7-5-6-8-19(16)24(17(2)25)14-13-23-22(26)12-10-18-9-11-20(27-3)21(15-18)28-4/h5-9,11,15H,10,12-14H2,1-4H3,(H,23,26). The molecule has 6 nitrogen and oxygen atoms in total. The van der Waals surface area contributed by atoms with E-state index in [9.17, 15) is 9.59 Å². The fraction of sp³-hybridized carbons (Fsp3) is 0.364. The lowest BCUT2D eigenvalue weighted by molar-refractivity contribution is -0.121. The van der Waals surface area contributed by atoms with Crippen LogP contribution < -0.4 is 19.7 Å². The Hall–Kier alpha value is -3.02. The smallest absolute Gasteiger partial charge is 0.223 e. The van der Waals surface area contributed by atoms with Crippen LogP contribution in [0.1, 0.15) is 24.5 Å². The van der Waals surface area contributed by atoms with E-state index in [1.54, 1.807) is 19.1 Å². The summed E-state index contributed by atoms with van der Waals surface area (Å²) in [6.07, 6.45) is 0.959. The minimum atomic E-state index is -0.0527. The molecule has 0 unspecified atom stereocenters. The number of hydrogen-bond acceptors (Lipinski definition) is 4. The molecule has 0 heterocycles. The molecule has 0 aliphatic carbocycles. The fourth-order valence-electron chi connectivity index (χ4n) is 3.00. The molecule has 0 saturated heterocycles. The average molecular weight is 384 g/mol. The molecule has 0 bridgehead atoms. The minimum absolute atomic E-state index is 0.0473. The van der Waals surface area contributed by atoms with E-state index in [0.717, 1.165) is 16.8 Å². The monoisotopic (exact) mass is 384 g/mol. The molecule has 28 heavy (non-hydrogen) atoms. The van der Waals surface area contributed by atoms with Gasteiger partial charge in [-0.2, -0.15) is 0 Å². The number of amides is 2. The number of hydrogen-bond donors (Lipinski definition) is 1. The first-order valence-electron chi connectivity index (χ1n) is 9.27. The Bertz CT molecular complexity index is 820. The van der Waals surface area contributed by atoms with Crippen LogP contribution >= 0.6 is 0 Å². The van der Waals surface area contributed by atoms with E-state index < -0.39 is 0 Å². The van der Waals surface area contributed by atoms with Crippen LogP contribution in [0, 0.1) is 6.92 Å². The number of carbonyl (C=O) groups is 2. The summed E-state index contributed by atoms with van der Waals surface area (Å²) < 4.78 is 10.5. The molecule has 0 radical (unpaired) electrons. The van der Waals surface area contributed by atoms with Crippen molar-refractivity contribution in [2.24, 2.45) is 0 Å². The number of para-hydroxylation sites is 1. The van der Waals surface area contributed by atoms with Crippen LogP contribution in [0.4, 0.5) is 5.69 Å². The molecule has 0 aliphatic heterocycles. The predicted octanol–water partition coefficient (Wildman–Crippen LogP) is 3.11. The van der Waals surface area contributed by atoms with E-state index in [0.29, 0.717) is 37.4 Å². The third-order valence-corrected chi connectivity index (χ3v) is 4.53. The van der Waals surface area contributed by atoms with Gasteiger partial charge in [-0.15, -0.1) is 0 Å². The summed E-state index contributed by atoms with van der Waals surface area (Å²) in [4.78, 5) is 25.8. The normalized spacial score (nSPS) is 10.3. The molecule has 6 heteroatoms. The third kappa shape index (κ3) is 5.74. The van der Waals surface area contributed by atoms with Gasteiger partial charge < -0.3 is 19.7 Å². The van der Waals surface area contributed by atoms with Crippen molar-refractivity contribution in [3.8, 4) is 11.5 Å². The van der Waals surface area contributed by atoms with E-state index in [1.165, 1.54) is 6.92 Å². The van der Waals surface area contributed by atoms with Crippen molar-refractivity contribution in [3.63, 3.8) is 0 Å². The molecular weight excluding hydrogens is 356 g/mol. The lowest BCUT2D eigenvalue weighted by Crippen LogP contribution is -2.38. The largest absolute Gasteiger partial charge is 0.493 e. The number of nitrogens with zero attached hydrogens (tertiary/aromatic N) is 1. The lowest BCUT2D eigenvalue weighted by atomic mass is 10.1. The zero-order valence-electron chi connectivity index (χ0n) is 17.0. The summed E-state index contributed by atoms with van der Waals surface area (Å²) >= 11 is 0. The van der Waals surface area contributed by atoms with Crippen molar-refractivity contribution in [2.75, 3.05) is 32.2 Å². The van der Waals surface area contributed by atoms with Gasteiger partial charge in [0.2, 0.25) is 11.8 Å². The summed E-state index contributed by atoms with van der Waals surface area (Å²) in [5.41, 5.74) is 2.89. The van der Waals surface area contributed by atoms with E-state index in [2.05, 4.69) is 5.32 Å². The van der Waals surface area contributed by atoms with Gasteiger partial charge in [-0.05, 0) is 42.7 Å². The van der Waals surface area contributed by atoms with Crippen LogP contribution in [0.2, 0.25) is 0 Å². The summed E-state index contributed by atoms with van der Waals surface area (Å²) in [5.74, 6) is 1.21. The zero-order chi connectivity index (χ0) is 20.5. The Morgan fingerprint density at radius 1 is 1.04 bits per heavy atom. The number of carbonyl (C=O) groups excluding carboxylic acids is 2. The van der Waals surface area contributed by atoms with Crippen LogP contribution in [-0.4, -0.2) is 39.1 Å². The van der Waals surface area contributed by atoms with Gasteiger partial charge in [-0.3, -0.25) is 9.59 Å². The summed E-state index contributed by atoms with van der Waals surface area (Å²) in [5, 5.41) is 2.89. The second-order valence-electron chi connectivity index (χ2n) is 6.50. The fourth-order valence-corrected chi connectivity index (χ4v) is 3.00. The summed E-state index contributed by atoms with van der Waals surface area (Å²) in [6, 6.07) is 13.3. The van der Waals surface area contributed by atoms with Crippen molar-refractivity contribution < 1.29 is 19.1 Å². The highest BCUT2D eigenvalue weighted by molar-refractivity contribution is 5.92. The molecule has 2 aromatic rings. The number of benzene rings is 2. The van der Waals surface area contributed by atoms with E-state index >= 15 is 0 Å². The van der Waals surface area contributed by atoms with Crippen molar-refractivity contribution in [2.45, 2.75) is 26.7 Å². The molecule has 2 aromatic carbocycles. The summed E-state index contributed by atoms with van der Waals surface area (Å²) in [6.45, 7) is 4.33. The van der Waals surface area contributed by atoms with Crippen LogP contribution in [0.15, 0.2) is 42.5 Å². The number of nitrogens with one attached hydrogen (secondary N) is 1. The maximum atomic E-state index is 12.2. The number of rotatable bonds is 9. The predicted molar refractivity (Wildman–Crippen MR) is 110 cm³/mol. The quantitative estimate of drug-likeness (QED) is 0.721. The first-order chi connectivity index (χ1) is 13.5. The van der Waals surface area contributed by atoms with Crippen molar-refractivity contribution in [3.05, 3.63) is 53.6 Å². The third-order valence-electron chi connectivity index (χ3n) is 4.53. The van der Waals surface area contributed by atoms with Crippen LogP contribution in [0.3, 0.4) is 0 Å². The highest BCUT2D eigenvalue weighted by Crippen LogP contribution is 2.28. The molecule has 150 valence electrons. The highest BCUT2D eigenvalue weighted by Gasteiger charge is 2.13. The van der Waals surface area contributed by atoms with Crippen LogP contribution in [0.25, 0.3) is 0 Å². The number of methoxy groups -OCH3 is 2. The van der Waals surface area contributed by atoms with Gasteiger partial charge in [0.1, 0.15) is 0 Å². The number of aryl methyl sites for hydroxylation is 2. The molecule has 0 aliphatic rings. The molecule has 0 saturated carbocycles. The maximum Gasteiger partial charge on any atom is 0.223 e. The van der Waals surface area contributed by atoms with Crippen molar-refractivity contribution in [1.82, 2.24) is 5.32 Å². The number of anilines is 1. The van der Waals surface area contributed by atoms with Crippen LogP contribution in [-0.2, 0) is 16.0 Å². The SMILES string of the molecule is COc1ccc(CCC(=O)NCCN(C(C)=O)c2ccccc2C)cc1OC. The Labute approximate surface area is 166 Å². The molecule has 0 spiro atoms. The van der Waals surface area contributed by atoms with Gasteiger partial charge in [0, 0.05) is 32.1 Å². The van der Waals surface area contributed by atoms with Gasteiger partial charge in [0.15, 0.2) is 11.5 Å². The van der Waals surface area contributed by atoms with E-state index in [-0.39, 0.29) is 11.8 Å². The average Bonchev–Trinajstić information content (AvgIpc) is 2.70. The highest BCUT2D eigenvalue weighted by atomic mass is 16.5. The molecule has 0 aromatic heterocycles. The zero-order valence-corrected chi connectivity index (χ0v) is 17.0. The molecule has 0 fully saturated rings. The topological polar surface area (TPSA) is 67.9 Å². The Morgan fingerprint density at radius 3 is 2.39 bits per heavy atom. The molecule has 2 rings (SSSR count). The van der Waals surface area contributed by atoms with E-state index in [4.69, 9.17) is 9.47 Å². The molecule has 1 N–H and O–H groups in total. The maximum absolute atomic E-state index is 12.2. The van der Waals surface area contributed by atoms with Crippen molar-refractivity contribution >= 4 is 17.5 Å². The molecule has 0 atom stereocenters. The van der Waals surface area contributed by atoms with Gasteiger partial charge in [0.05, 0.1) is 14.2 Å². The Kier molecular flexibility index (Phi) is 7.87. The van der Waals surface area contributed by atoms with Gasteiger partial charge in [-0.1, -0.05) is 24.3 Å². The van der Waals surface area contributed by atoms with Gasteiger partial charge in [0.25, 0.3) is 0 Å².